The summed E-state index contributed by atoms with van der Waals surface area (Å²) in [6, 6.07) is -0.911. The second kappa shape index (κ2) is 11.4. The number of likely N-dealkylation sites (tertiary alicyclic amines) is 1. The van der Waals surface area contributed by atoms with Crippen LogP contribution in [0.2, 0.25) is 0 Å². The van der Waals surface area contributed by atoms with Crippen molar-refractivity contribution in [3.05, 3.63) is 71.5 Å². The molecule has 184 valence electrons. The zero-order valence-corrected chi connectivity index (χ0v) is 22.0. The summed E-state index contributed by atoms with van der Waals surface area (Å²) in [6.07, 6.45) is 12.9. The van der Waals surface area contributed by atoms with Gasteiger partial charge in [-0.3, -0.25) is 5.32 Å². The second-order valence-corrected chi connectivity index (χ2v) is 11.2. The smallest absolute Gasteiger partial charge is 0.335 e. The zero-order chi connectivity index (χ0) is 24.9. The SMILES string of the molecule is C=C1/C=C(/N2CCCCC2)N=C(C)/C(C(NC2NC=CC=C2C(=O)O)C(F)(P)P)=C\C(C)=C/N1. The van der Waals surface area contributed by atoms with E-state index in [1.165, 1.54) is 12.5 Å². The molecule has 4 N–H and O–H groups in total. The molecule has 3 aliphatic heterocycles. The highest BCUT2D eigenvalue weighted by atomic mass is 31.1. The molecule has 0 aromatic carbocycles. The molecule has 0 saturated carbocycles. The first kappa shape index (κ1) is 26.3. The lowest BCUT2D eigenvalue weighted by Gasteiger charge is -2.35. The summed E-state index contributed by atoms with van der Waals surface area (Å²) in [4.78, 5) is 18.9. The number of alkyl halides is 1. The number of rotatable bonds is 6. The van der Waals surface area contributed by atoms with Gasteiger partial charge in [0, 0.05) is 36.8 Å². The van der Waals surface area contributed by atoms with E-state index in [0.717, 1.165) is 43.0 Å². The van der Waals surface area contributed by atoms with E-state index in [2.05, 4.69) is 45.9 Å². The van der Waals surface area contributed by atoms with E-state index in [1.54, 1.807) is 12.3 Å². The quantitative estimate of drug-likeness (QED) is 0.414. The number of nitrogens with zero attached hydrogens (tertiary/aromatic N) is 2. The highest BCUT2D eigenvalue weighted by molar-refractivity contribution is 7.39. The van der Waals surface area contributed by atoms with Crippen molar-refractivity contribution in [2.75, 3.05) is 13.1 Å². The number of nitrogens with one attached hydrogen (secondary N) is 3. The van der Waals surface area contributed by atoms with E-state index in [4.69, 9.17) is 4.99 Å². The highest BCUT2D eigenvalue weighted by Crippen LogP contribution is 2.37. The lowest BCUT2D eigenvalue weighted by molar-refractivity contribution is -0.133. The number of carboxylic acids is 1. The lowest BCUT2D eigenvalue weighted by Crippen LogP contribution is -2.54. The monoisotopic (exact) mass is 505 g/mol. The van der Waals surface area contributed by atoms with Gasteiger partial charge in [0.1, 0.15) is 12.0 Å². The molecule has 3 aliphatic rings. The Balaban J connectivity index is 2.04. The molecular formula is C24H34FN5O2P2. The average molecular weight is 506 g/mol. The Morgan fingerprint density at radius 3 is 2.68 bits per heavy atom. The summed E-state index contributed by atoms with van der Waals surface area (Å²) >= 11 is 0. The molecule has 0 bridgehead atoms. The van der Waals surface area contributed by atoms with E-state index in [1.807, 2.05) is 32.2 Å². The van der Waals surface area contributed by atoms with Crippen molar-refractivity contribution in [1.82, 2.24) is 20.9 Å². The minimum atomic E-state index is -1.88. The molecule has 0 radical (unpaired) electrons. The van der Waals surface area contributed by atoms with E-state index >= 15 is 4.39 Å². The molecule has 7 nitrogen and oxygen atoms in total. The number of aliphatic imine (C=N–C) groups is 1. The van der Waals surface area contributed by atoms with Crippen LogP contribution in [0.3, 0.4) is 0 Å². The fraction of sp³-hybridized carbons (Fsp3) is 0.417. The van der Waals surface area contributed by atoms with Crippen LogP contribution in [-0.4, -0.2) is 52.1 Å². The van der Waals surface area contributed by atoms with E-state index in [9.17, 15) is 9.90 Å². The van der Waals surface area contributed by atoms with Crippen LogP contribution in [0.25, 0.3) is 0 Å². The fourth-order valence-corrected chi connectivity index (χ4v) is 4.64. The highest BCUT2D eigenvalue weighted by Gasteiger charge is 2.37. The molecular weight excluding hydrogens is 471 g/mol. The van der Waals surface area contributed by atoms with Crippen LogP contribution in [-0.2, 0) is 4.79 Å². The summed E-state index contributed by atoms with van der Waals surface area (Å²) in [5.41, 5.74) is 2.91. The van der Waals surface area contributed by atoms with Gasteiger partial charge in [-0.05, 0) is 62.6 Å². The third-order valence-electron chi connectivity index (χ3n) is 5.83. The number of carbonyl (C=O) groups is 1. The van der Waals surface area contributed by atoms with Crippen LogP contribution in [0.4, 0.5) is 4.39 Å². The average Bonchev–Trinajstić information content (AvgIpc) is 2.79. The fourth-order valence-electron chi connectivity index (χ4n) is 4.09. The number of hydrogen-bond donors (Lipinski definition) is 4. The predicted octanol–water partition coefficient (Wildman–Crippen LogP) is 3.51. The first-order valence-corrected chi connectivity index (χ1v) is 12.5. The third kappa shape index (κ3) is 6.88. The largest absolute Gasteiger partial charge is 0.478 e. The first-order chi connectivity index (χ1) is 16.1. The van der Waals surface area contributed by atoms with Gasteiger partial charge in [-0.25, -0.2) is 14.2 Å². The topological polar surface area (TPSA) is 89.0 Å². The number of hydrogen-bond acceptors (Lipinski definition) is 6. The summed E-state index contributed by atoms with van der Waals surface area (Å²) in [5, 5.41) is 17.1. The van der Waals surface area contributed by atoms with Gasteiger partial charge in [0.2, 0.25) is 0 Å². The molecule has 0 amide bonds. The van der Waals surface area contributed by atoms with Gasteiger partial charge < -0.3 is 20.6 Å². The predicted molar refractivity (Wildman–Crippen MR) is 143 cm³/mol. The standard InChI is InChI=1S/C24H34FN5O2P2/c1-15-12-19(21(24(25,33)34)29-22-18(23(31)32)8-7-9-26-22)17(3)28-20(13-16(2)27-14-15)30-10-5-4-6-11-30/h7-9,12-14,21-22,26-27,29H,2,4-6,10-11,33-34H2,1,3H3,(H,31,32)/b15-14-,19-12+,20-13+,28-17?. The van der Waals surface area contributed by atoms with Crippen LogP contribution >= 0.6 is 18.5 Å². The zero-order valence-electron chi connectivity index (χ0n) is 19.6. The molecule has 1 fully saturated rings. The van der Waals surface area contributed by atoms with E-state index in [0.29, 0.717) is 11.3 Å². The number of halogens is 1. The van der Waals surface area contributed by atoms with Gasteiger partial charge in [-0.1, -0.05) is 31.1 Å². The Morgan fingerprint density at radius 1 is 1.32 bits per heavy atom. The summed E-state index contributed by atoms with van der Waals surface area (Å²) < 4.78 is 15.6. The summed E-state index contributed by atoms with van der Waals surface area (Å²) in [6.45, 7) is 9.64. The number of dihydropyridines is 1. The second-order valence-electron chi connectivity index (χ2n) is 8.72. The van der Waals surface area contributed by atoms with E-state index < -0.39 is 23.3 Å². The van der Waals surface area contributed by atoms with Crippen LogP contribution in [0.5, 0.6) is 0 Å². The van der Waals surface area contributed by atoms with Crippen LogP contribution < -0.4 is 16.0 Å². The molecule has 4 atom stereocenters. The summed E-state index contributed by atoms with van der Waals surface area (Å²) in [5.74, 6) is -0.307. The minimum Gasteiger partial charge on any atom is -0.478 e. The first-order valence-electron chi connectivity index (χ1n) is 11.3. The molecule has 0 aliphatic carbocycles. The maximum absolute atomic E-state index is 15.6. The minimum absolute atomic E-state index is 0.0981. The molecule has 3 rings (SSSR count). The maximum Gasteiger partial charge on any atom is 0.335 e. The Morgan fingerprint density at radius 2 is 2.03 bits per heavy atom. The lowest BCUT2D eigenvalue weighted by atomic mass is 9.98. The van der Waals surface area contributed by atoms with Crippen LogP contribution in [0.1, 0.15) is 33.1 Å². The molecule has 0 aromatic heterocycles. The van der Waals surface area contributed by atoms with Crippen molar-refractivity contribution in [3.63, 3.8) is 0 Å². The van der Waals surface area contributed by atoms with Crippen molar-refractivity contribution >= 4 is 30.2 Å². The molecule has 0 aromatic rings. The van der Waals surface area contributed by atoms with Crippen molar-refractivity contribution in [2.45, 2.75) is 50.5 Å². The van der Waals surface area contributed by atoms with Gasteiger partial charge in [0.15, 0.2) is 5.15 Å². The Labute approximate surface area is 205 Å². The summed E-state index contributed by atoms with van der Waals surface area (Å²) in [7, 11) is 4.41. The molecule has 4 unspecified atom stereocenters. The van der Waals surface area contributed by atoms with Gasteiger partial charge in [-0.2, -0.15) is 0 Å². The molecule has 1 saturated heterocycles. The molecule has 10 heteroatoms. The molecule has 0 spiro atoms. The van der Waals surface area contributed by atoms with Crippen LogP contribution in [0, 0.1) is 0 Å². The normalized spacial score (nSPS) is 27.4. The van der Waals surface area contributed by atoms with E-state index in [-0.39, 0.29) is 5.57 Å². The molecule has 3 heterocycles. The maximum atomic E-state index is 15.6. The van der Waals surface area contributed by atoms with Gasteiger partial charge in [0.25, 0.3) is 0 Å². The van der Waals surface area contributed by atoms with Gasteiger partial charge >= 0.3 is 5.97 Å². The van der Waals surface area contributed by atoms with Crippen molar-refractivity contribution in [3.8, 4) is 0 Å². The van der Waals surface area contributed by atoms with Crippen LogP contribution in [0.15, 0.2) is 76.5 Å². The Hall–Kier alpha value is -2.27. The Bertz CT molecular complexity index is 1000. The number of allylic oxidation sites excluding steroid dienone is 5. The Kier molecular flexibility index (Phi) is 8.86. The van der Waals surface area contributed by atoms with Crippen molar-refractivity contribution < 1.29 is 14.3 Å². The third-order valence-corrected chi connectivity index (χ3v) is 6.50. The van der Waals surface area contributed by atoms with Gasteiger partial charge in [-0.15, -0.1) is 0 Å². The number of carboxylic acid groups (broad SMARTS) is 1. The van der Waals surface area contributed by atoms with Gasteiger partial charge in [0.05, 0.1) is 11.6 Å². The number of aliphatic carboxylic acids is 1. The number of piperidine rings is 1. The van der Waals surface area contributed by atoms with Crippen molar-refractivity contribution in [2.24, 2.45) is 4.99 Å². The molecule has 34 heavy (non-hydrogen) atoms. The van der Waals surface area contributed by atoms with Crippen molar-refractivity contribution in [1.29, 1.82) is 0 Å².